The third kappa shape index (κ3) is 7.38. The summed E-state index contributed by atoms with van der Waals surface area (Å²) in [5.74, 6) is -1.80. The second-order valence-corrected chi connectivity index (χ2v) is 12.2. The molecule has 0 bridgehead atoms. The molecule has 0 aliphatic heterocycles. The lowest BCUT2D eigenvalue weighted by Gasteiger charge is -2.30. The first kappa shape index (κ1) is 32.7. The highest BCUT2D eigenvalue weighted by Crippen LogP contribution is 2.32. The molecule has 1 heterocycles. The van der Waals surface area contributed by atoms with Crippen molar-refractivity contribution >= 4 is 34.2 Å². The minimum absolute atomic E-state index is 0.172. The monoisotopic (exact) mass is 622 g/mol. The lowest BCUT2D eigenvalue weighted by Crippen LogP contribution is -2.57. The topological polar surface area (TPSA) is 144 Å². The average molecular weight is 623 g/mol. The van der Waals surface area contributed by atoms with E-state index < -0.39 is 42.0 Å². The van der Waals surface area contributed by atoms with Crippen molar-refractivity contribution in [3.63, 3.8) is 0 Å². The molecule has 0 radical (unpaired) electrons. The highest BCUT2D eigenvalue weighted by atomic mass is 16.3. The molecule has 4 aromatic rings. The molecule has 0 spiro atoms. The molecule has 0 fully saturated rings. The van der Waals surface area contributed by atoms with Gasteiger partial charge in [-0.15, -0.1) is 0 Å². The molecule has 1 aromatic heterocycles. The molecule has 3 amide bonds. The van der Waals surface area contributed by atoms with E-state index in [9.17, 15) is 24.6 Å². The lowest BCUT2D eigenvalue weighted by atomic mass is 9.92. The third-order valence-electron chi connectivity index (χ3n) is 8.90. The van der Waals surface area contributed by atoms with Crippen molar-refractivity contribution in [2.45, 2.75) is 64.3 Å². The number of aromatic amines is 1. The van der Waals surface area contributed by atoms with Crippen LogP contribution in [0.25, 0.3) is 16.5 Å². The predicted octanol–water partition coefficient (Wildman–Crippen LogP) is 3.45. The van der Waals surface area contributed by atoms with Crippen molar-refractivity contribution in [3.05, 3.63) is 113 Å². The smallest absolute Gasteiger partial charge is 0.248 e. The Hall–Kier alpha value is -4.73. The van der Waals surface area contributed by atoms with E-state index in [0.29, 0.717) is 18.4 Å². The van der Waals surface area contributed by atoms with Crippen molar-refractivity contribution in [1.29, 1.82) is 0 Å². The number of aliphatic hydroxyl groups excluding tert-OH is 2. The number of aromatic nitrogens is 1. The first-order valence-electron chi connectivity index (χ1n) is 15.7. The van der Waals surface area contributed by atoms with Gasteiger partial charge in [-0.05, 0) is 54.2 Å². The van der Waals surface area contributed by atoms with Gasteiger partial charge in [-0.3, -0.25) is 14.4 Å². The summed E-state index contributed by atoms with van der Waals surface area (Å²) >= 11 is 0. The van der Waals surface area contributed by atoms with E-state index in [1.807, 2.05) is 92.0 Å². The maximum atomic E-state index is 14.0. The van der Waals surface area contributed by atoms with Gasteiger partial charge in [0.25, 0.3) is 0 Å². The van der Waals surface area contributed by atoms with E-state index >= 15 is 0 Å². The Labute approximate surface area is 269 Å². The standard InChI is InChI=1S/C37H42N4O5/c1-22(21-42)34(43)32(17-25-11-5-4-6-12-25)40-37(46)33(19-27-20-38-31-16-10-9-15-29(27)31)41-35(44)24(3)39-36(45)30-18-26-13-7-8-14-28(26)23(30)2/h4-16,20,22,24,32-34,38,42-43H,17-19,21H2,1-3H3,(H,39,45)(H,40,46)(H,41,44)/t22-,24-,32+,33+,34+/m1/s1. The summed E-state index contributed by atoms with van der Waals surface area (Å²) < 4.78 is 0. The quantitative estimate of drug-likeness (QED) is 0.135. The highest BCUT2D eigenvalue weighted by Gasteiger charge is 2.32. The van der Waals surface area contributed by atoms with Gasteiger partial charge in [-0.1, -0.05) is 79.7 Å². The molecule has 46 heavy (non-hydrogen) atoms. The van der Waals surface area contributed by atoms with Crippen LogP contribution in [0.2, 0.25) is 0 Å². The van der Waals surface area contributed by atoms with Crippen molar-refractivity contribution in [3.8, 4) is 0 Å². The van der Waals surface area contributed by atoms with Crippen molar-refractivity contribution in [1.82, 2.24) is 20.9 Å². The number of amides is 3. The summed E-state index contributed by atoms with van der Waals surface area (Å²) in [6, 6.07) is 22.4. The number of carbonyl (C=O) groups is 3. The fourth-order valence-corrected chi connectivity index (χ4v) is 6.07. The Bertz CT molecular complexity index is 1730. The number of H-pyrrole nitrogens is 1. The van der Waals surface area contributed by atoms with Crippen LogP contribution >= 0.6 is 0 Å². The number of benzene rings is 3. The Morgan fingerprint density at radius 3 is 2.28 bits per heavy atom. The molecule has 5 atom stereocenters. The van der Waals surface area contributed by atoms with E-state index in [4.69, 9.17) is 0 Å². The van der Waals surface area contributed by atoms with Gasteiger partial charge in [0.1, 0.15) is 12.1 Å². The summed E-state index contributed by atoms with van der Waals surface area (Å²) in [4.78, 5) is 44.0. The fourth-order valence-electron chi connectivity index (χ4n) is 6.07. The van der Waals surface area contributed by atoms with Crippen molar-refractivity contribution in [2.75, 3.05) is 6.61 Å². The first-order chi connectivity index (χ1) is 22.2. The third-order valence-corrected chi connectivity index (χ3v) is 8.90. The highest BCUT2D eigenvalue weighted by molar-refractivity contribution is 6.05. The zero-order valence-electron chi connectivity index (χ0n) is 26.4. The van der Waals surface area contributed by atoms with Crippen molar-refractivity contribution in [2.24, 2.45) is 5.92 Å². The normalized spacial score (nSPS) is 15.8. The number of para-hydroxylation sites is 1. The maximum absolute atomic E-state index is 14.0. The maximum Gasteiger partial charge on any atom is 0.248 e. The van der Waals surface area contributed by atoms with Crippen LogP contribution in [0, 0.1) is 5.92 Å². The molecule has 0 saturated carbocycles. The molecule has 1 aliphatic carbocycles. The Morgan fingerprint density at radius 1 is 0.848 bits per heavy atom. The van der Waals surface area contributed by atoms with Crippen LogP contribution < -0.4 is 16.0 Å². The van der Waals surface area contributed by atoms with Crippen LogP contribution in [0.5, 0.6) is 0 Å². The van der Waals surface area contributed by atoms with Crippen LogP contribution in [-0.4, -0.2) is 63.8 Å². The summed E-state index contributed by atoms with van der Waals surface area (Å²) in [6.45, 7) is 4.96. The van der Waals surface area contributed by atoms with Gasteiger partial charge in [0, 0.05) is 48.0 Å². The second kappa shape index (κ2) is 14.6. The number of allylic oxidation sites excluding steroid dienone is 1. The molecule has 3 aromatic carbocycles. The molecule has 9 heteroatoms. The van der Waals surface area contributed by atoms with E-state index in [2.05, 4.69) is 20.9 Å². The number of nitrogens with one attached hydrogen (secondary N) is 4. The van der Waals surface area contributed by atoms with Crippen molar-refractivity contribution < 1.29 is 24.6 Å². The number of fused-ring (bicyclic) bond motifs is 2. The van der Waals surface area contributed by atoms with E-state index in [-0.39, 0.29) is 18.9 Å². The molecule has 5 rings (SSSR count). The Balaban J connectivity index is 1.35. The van der Waals surface area contributed by atoms with E-state index in [1.54, 1.807) is 13.8 Å². The van der Waals surface area contributed by atoms with Crippen LogP contribution in [0.1, 0.15) is 43.0 Å². The van der Waals surface area contributed by atoms with Crippen LogP contribution in [0.3, 0.4) is 0 Å². The number of hydrogen-bond donors (Lipinski definition) is 6. The van der Waals surface area contributed by atoms with Gasteiger partial charge in [0.2, 0.25) is 17.7 Å². The van der Waals surface area contributed by atoms with E-state index in [1.165, 1.54) is 0 Å². The van der Waals surface area contributed by atoms with Crippen LogP contribution in [0.4, 0.5) is 0 Å². The zero-order valence-corrected chi connectivity index (χ0v) is 26.4. The molecule has 240 valence electrons. The lowest BCUT2D eigenvalue weighted by molar-refractivity contribution is -0.131. The predicted molar refractivity (Wildman–Crippen MR) is 179 cm³/mol. The number of hydrogen-bond acceptors (Lipinski definition) is 5. The first-order valence-corrected chi connectivity index (χ1v) is 15.7. The molecule has 1 aliphatic rings. The summed E-state index contributed by atoms with van der Waals surface area (Å²) in [5, 5.41) is 30.5. The molecule has 0 saturated heterocycles. The zero-order chi connectivity index (χ0) is 32.8. The van der Waals surface area contributed by atoms with Gasteiger partial charge in [-0.2, -0.15) is 0 Å². The number of rotatable bonds is 13. The Morgan fingerprint density at radius 2 is 1.54 bits per heavy atom. The van der Waals surface area contributed by atoms with Gasteiger partial charge in [0.15, 0.2) is 0 Å². The SMILES string of the molecule is CC1=C(C(=O)N[C@H](C)C(=O)N[C@@H](Cc2c[nH]c3ccccc23)C(=O)N[C@@H](Cc2ccccc2)[C@@H](O)[C@H](C)CO)Cc2ccccc21. The Kier molecular flexibility index (Phi) is 10.3. The fraction of sp³-hybridized carbons (Fsp3) is 0.324. The number of carbonyl (C=O) groups excluding carboxylic acids is 3. The molecule has 9 nitrogen and oxygen atoms in total. The van der Waals surface area contributed by atoms with Gasteiger partial charge in [-0.25, -0.2) is 0 Å². The summed E-state index contributed by atoms with van der Waals surface area (Å²) in [5.41, 5.74) is 6.25. The van der Waals surface area contributed by atoms with Crippen LogP contribution in [-0.2, 0) is 33.6 Å². The second-order valence-electron chi connectivity index (χ2n) is 12.2. The average Bonchev–Trinajstić information content (AvgIpc) is 3.64. The molecular weight excluding hydrogens is 580 g/mol. The minimum atomic E-state index is -1.04. The van der Waals surface area contributed by atoms with Gasteiger partial charge < -0.3 is 31.1 Å². The van der Waals surface area contributed by atoms with Crippen LogP contribution in [0.15, 0.2) is 90.6 Å². The minimum Gasteiger partial charge on any atom is -0.396 e. The van der Waals surface area contributed by atoms with Gasteiger partial charge in [0.05, 0.1) is 12.1 Å². The summed E-state index contributed by atoms with van der Waals surface area (Å²) in [6.07, 6.45) is 1.77. The molecule has 6 N–H and O–H groups in total. The van der Waals surface area contributed by atoms with Gasteiger partial charge >= 0.3 is 0 Å². The molecular formula is C37H42N4O5. The molecule has 0 unspecified atom stereocenters. The van der Waals surface area contributed by atoms with E-state index in [0.717, 1.165) is 38.7 Å². The number of aliphatic hydroxyl groups is 2. The summed E-state index contributed by atoms with van der Waals surface area (Å²) in [7, 11) is 0. The largest absolute Gasteiger partial charge is 0.396 e.